The maximum atomic E-state index is 12.1. The van der Waals surface area contributed by atoms with Crippen molar-refractivity contribution in [3.8, 4) is 0 Å². The molecule has 1 atom stereocenters. The average molecular weight is 398 g/mol. The molecule has 0 heterocycles. The molecule has 0 radical (unpaired) electrons. The number of hydrogen-bond donors (Lipinski definition) is 1. The first-order valence-corrected chi connectivity index (χ1v) is 7.87. The van der Waals surface area contributed by atoms with Gasteiger partial charge in [0.15, 0.2) is 0 Å². The van der Waals surface area contributed by atoms with E-state index < -0.39 is 0 Å². The fourth-order valence-electron chi connectivity index (χ4n) is 1.68. The molecule has 0 fully saturated rings. The predicted octanol–water partition coefficient (Wildman–Crippen LogP) is 4.59. The minimum absolute atomic E-state index is 0.0110. The third-order valence-electron chi connectivity index (χ3n) is 2.40. The van der Waals surface area contributed by atoms with Gasteiger partial charge in [-0.1, -0.05) is 45.7 Å². The van der Waals surface area contributed by atoms with E-state index in [2.05, 4.69) is 51.0 Å². The van der Waals surface area contributed by atoms with E-state index in [1.54, 1.807) is 12.1 Å². The summed E-state index contributed by atoms with van der Waals surface area (Å²) in [6.45, 7) is 4.22. The van der Waals surface area contributed by atoms with E-state index in [-0.39, 0.29) is 11.9 Å². The zero-order chi connectivity index (χ0) is 13.7. The second kappa shape index (κ2) is 7.51. The quantitative estimate of drug-likeness (QED) is 0.723. The summed E-state index contributed by atoms with van der Waals surface area (Å²) in [6, 6.07) is 5.49. The second-order valence-corrected chi connectivity index (χ2v) is 6.75. The normalized spacial score (nSPS) is 12.6. The highest BCUT2D eigenvalue weighted by Gasteiger charge is 2.15. The summed E-state index contributed by atoms with van der Waals surface area (Å²) in [7, 11) is 0. The highest BCUT2D eigenvalue weighted by atomic mass is 79.9. The first-order valence-electron chi connectivity index (χ1n) is 5.75. The molecule has 0 bridgehead atoms. The first kappa shape index (κ1) is 16.0. The van der Waals surface area contributed by atoms with Crippen molar-refractivity contribution in [1.82, 2.24) is 5.32 Å². The number of amides is 1. The largest absolute Gasteiger partial charge is 0.348 e. The summed E-state index contributed by atoms with van der Waals surface area (Å²) in [5, 5.41) is 2.96. The number of hydrogen-bond acceptors (Lipinski definition) is 1. The standard InChI is InChI=1S/C13H16Br2ClNO/c1-8(2)3-12(7-16)17-13(18)9-4-10(14)6-11(15)5-9/h4-6,8,12H,3,7H2,1-2H3,(H,17,18). The number of alkyl halides is 1. The van der Waals surface area contributed by atoms with Crippen LogP contribution in [0.4, 0.5) is 0 Å². The van der Waals surface area contributed by atoms with Crippen molar-refractivity contribution < 1.29 is 4.79 Å². The zero-order valence-electron chi connectivity index (χ0n) is 10.3. The first-order chi connectivity index (χ1) is 8.42. The van der Waals surface area contributed by atoms with Crippen LogP contribution in [0.2, 0.25) is 0 Å². The Kier molecular flexibility index (Phi) is 6.67. The van der Waals surface area contributed by atoms with E-state index in [0.717, 1.165) is 15.4 Å². The molecule has 2 nitrogen and oxygen atoms in total. The van der Waals surface area contributed by atoms with Crippen LogP contribution in [0.15, 0.2) is 27.1 Å². The molecule has 0 spiro atoms. The molecule has 0 saturated heterocycles. The van der Waals surface area contributed by atoms with Crippen LogP contribution in [0.3, 0.4) is 0 Å². The van der Waals surface area contributed by atoms with Gasteiger partial charge in [0.1, 0.15) is 0 Å². The van der Waals surface area contributed by atoms with E-state index in [1.165, 1.54) is 0 Å². The lowest BCUT2D eigenvalue weighted by Gasteiger charge is -2.18. The van der Waals surface area contributed by atoms with Crippen molar-refractivity contribution in [3.63, 3.8) is 0 Å². The maximum absolute atomic E-state index is 12.1. The van der Waals surface area contributed by atoms with Crippen molar-refractivity contribution in [2.75, 3.05) is 5.88 Å². The van der Waals surface area contributed by atoms with Gasteiger partial charge < -0.3 is 5.32 Å². The third-order valence-corrected chi connectivity index (χ3v) is 3.69. The van der Waals surface area contributed by atoms with E-state index in [1.807, 2.05) is 6.07 Å². The minimum Gasteiger partial charge on any atom is -0.348 e. The Labute approximate surface area is 130 Å². The molecule has 0 aliphatic heterocycles. The highest BCUT2D eigenvalue weighted by Crippen LogP contribution is 2.20. The molecule has 1 rings (SSSR count). The number of carbonyl (C=O) groups excluding carboxylic acids is 1. The van der Waals surface area contributed by atoms with Crippen LogP contribution in [0.25, 0.3) is 0 Å². The van der Waals surface area contributed by atoms with Crippen LogP contribution >= 0.6 is 43.5 Å². The van der Waals surface area contributed by atoms with Crippen LogP contribution < -0.4 is 5.32 Å². The van der Waals surface area contributed by atoms with Crippen LogP contribution in [0.1, 0.15) is 30.6 Å². The Hall–Kier alpha value is -0.0600. The lowest BCUT2D eigenvalue weighted by atomic mass is 10.0. The monoisotopic (exact) mass is 395 g/mol. The van der Waals surface area contributed by atoms with Crippen molar-refractivity contribution in [1.29, 1.82) is 0 Å². The molecular weight excluding hydrogens is 381 g/mol. The average Bonchev–Trinajstić information content (AvgIpc) is 2.26. The molecule has 1 amide bonds. The smallest absolute Gasteiger partial charge is 0.251 e. The number of nitrogens with one attached hydrogen (secondary N) is 1. The minimum atomic E-state index is -0.0942. The molecule has 1 aromatic carbocycles. The second-order valence-electron chi connectivity index (χ2n) is 4.61. The van der Waals surface area contributed by atoms with Gasteiger partial charge in [-0.2, -0.15) is 0 Å². The van der Waals surface area contributed by atoms with E-state index in [0.29, 0.717) is 17.4 Å². The maximum Gasteiger partial charge on any atom is 0.251 e. The third kappa shape index (κ3) is 5.29. The fourth-order valence-corrected chi connectivity index (χ4v) is 3.18. The number of rotatable bonds is 5. The van der Waals surface area contributed by atoms with E-state index >= 15 is 0 Å². The van der Waals surface area contributed by atoms with Crippen molar-refractivity contribution in [3.05, 3.63) is 32.7 Å². The van der Waals surface area contributed by atoms with Gasteiger partial charge in [0.25, 0.3) is 5.91 Å². The fraction of sp³-hybridized carbons (Fsp3) is 0.462. The van der Waals surface area contributed by atoms with Gasteiger partial charge in [0, 0.05) is 26.4 Å². The summed E-state index contributed by atoms with van der Waals surface area (Å²) < 4.78 is 1.74. The van der Waals surface area contributed by atoms with E-state index in [9.17, 15) is 4.79 Å². The summed E-state index contributed by atoms with van der Waals surface area (Å²) in [4.78, 5) is 12.1. The Balaban J connectivity index is 2.74. The number of benzene rings is 1. The van der Waals surface area contributed by atoms with Crippen LogP contribution in [0.5, 0.6) is 0 Å². The van der Waals surface area contributed by atoms with Crippen LogP contribution in [0, 0.1) is 5.92 Å². The topological polar surface area (TPSA) is 29.1 Å². The van der Waals surface area contributed by atoms with Crippen molar-refractivity contribution in [2.24, 2.45) is 5.92 Å². The molecule has 0 aromatic heterocycles. The van der Waals surface area contributed by atoms with Crippen molar-refractivity contribution >= 4 is 49.4 Å². The van der Waals surface area contributed by atoms with Crippen LogP contribution in [-0.4, -0.2) is 17.8 Å². The zero-order valence-corrected chi connectivity index (χ0v) is 14.3. The van der Waals surface area contributed by atoms with Crippen molar-refractivity contribution in [2.45, 2.75) is 26.3 Å². The van der Waals surface area contributed by atoms with Gasteiger partial charge in [0.2, 0.25) is 0 Å². The predicted molar refractivity (Wildman–Crippen MR) is 83.3 cm³/mol. The summed E-state index contributed by atoms with van der Waals surface area (Å²) in [6.07, 6.45) is 0.879. The SMILES string of the molecule is CC(C)CC(CCl)NC(=O)c1cc(Br)cc(Br)c1. The molecule has 18 heavy (non-hydrogen) atoms. The van der Waals surface area contributed by atoms with Gasteiger partial charge in [-0.25, -0.2) is 0 Å². The molecule has 1 N–H and O–H groups in total. The lowest BCUT2D eigenvalue weighted by molar-refractivity contribution is 0.0936. The summed E-state index contributed by atoms with van der Waals surface area (Å²) in [5.41, 5.74) is 0.620. The Morgan fingerprint density at radius 3 is 2.28 bits per heavy atom. The van der Waals surface area contributed by atoms with Crippen LogP contribution in [-0.2, 0) is 0 Å². The number of halogens is 3. The molecule has 1 unspecified atom stereocenters. The Morgan fingerprint density at radius 2 is 1.83 bits per heavy atom. The molecule has 1 aromatic rings. The van der Waals surface area contributed by atoms with Gasteiger partial charge >= 0.3 is 0 Å². The van der Waals surface area contributed by atoms with Gasteiger partial charge in [-0.05, 0) is 30.5 Å². The molecular formula is C13H16Br2ClNO. The molecule has 0 aliphatic carbocycles. The van der Waals surface area contributed by atoms with Gasteiger partial charge in [-0.3, -0.25) is 4.79 Å². The molecule has 100 valence electrons. The highest BCUT2D eigenvalue weighted by molar-refractivity contribution is 9.11. The van der Waals surface area contributed by atoms with Gasteiger partial charge in [-0.15, -0.1) is 11.6 Å². The number of carbonyl (C=O) groups is 1. The summed E-state index contributed by atoms with van der Waals surface area (Å²) in [5.74, 6) is 0.839. The van der Waals surface area contributed by atoms with Gasteiger partial charge in [0.05, 0.1) is 0 Å². The molecule has 5 heteroatoms. The lowest BCUT2D eigenvalue weighted by Crippen LogP contribution is -2.37. The summed E-state index contributed by atoms with van der Waals surface area (Å²) >= 11 is 12.6. The molecule has 0 aliphatic rings. The Morgan fingerprint density at radius 1 is 1.28 bits per heavy atom. The molecule has 0 saturated carbocycles. The van der Waals surface area contributed by atoms with E-state index in [4.69, 9.17) is 11.6 Å². The Bertz CT molecular complexity index is 403.